The predicted molar refractivity (Wildman–Crippen MR) is 76.1 cm³/mol. The van der Waals surface area contributed by atoms with Crippen LogP contribution in [0.25, 0.3) is 10.1 Å². The van der Waals surface area contributed by atoms with Crippen LogP contribution < -0.4 is 0 Å². The highest BCUT2D eigenvalue weighted by atomic mass is 32.1. The van der Waals surface area contributed by atoms with E-state index in [9.17, 15) is 4.79 Å². The molecule has 0 aliphatic rings. The van der Waals surface area contributed by atoms with E-state index in [0.717, 1.165) is 17.4 Å². The fourth-order valence-electron chi connectivity index (χ4n) is 2.10. The molecule has 0 aliphatic carbocycles. The number of benzene rings is 1. The molecule has 2 rings (SSSR count). The molecule has 1 atom stereocenters. The van der Waals surface area contributed by atoms with Crippen LogP contribution in [0.5, 0.6) is 0 Å². The Kier molecular flexibility index (Phi) is 4.50. The quantitative estimate of drug-likeness (QED) is 0.773. The number of ether oxygens (including phenoxy) is 1. The lowest BCUT2D eigenvalue weighted by Gasteiger charge is -2.15. The van der Waals surface area contributed by atoms with E-state index in [0.29, 0.717) is 13.0 Å². The third-order valence-corrected chi connectivity index (χ3v) is 3.90. The molecule has 0 radical (unpaired) electrons. The Morgan fingerprint density at radius 2 is 2.11 bits per heavy atom. The van der Waals surface area contributed by atoms with E-state index < -0.39 is 6.10 Å². The van der Waals surface area contributed by atoms with Crippen LogP contribution in [0.4, 0.5) is 0 Å². The second-order valence-electron chi connectivity index (χ2n) is 4.24. The van der Waals surface area contributed by atoms with Crippen LogP contribution in [0.1, 0.15) is 38.4 Å². The Labute approximate surface area is 112 Å². The van der Waals surface area contributed by atoms with Crippen molar-refractivity contribution in [1.82, 2.24) is 0 Å². The summed E-state index contributed by atoms with van der Waals surface area (Å²) in [6.45, 7) is 4.51. The van der Waals surface area contributed by atoms with Gasteiger partial charge in [0.25, 0.3) is 0 Å². The van der Waals surface area contributed by atoms with Gasteiger partial charge < -0.3 is 4.74 Å². The van der Waals surface area contributed by atoms with Gasteiger partial charge in [-0.3, -0.25) is 4.79 Å². The van der Waals surface area contributed by atoms with E-state index in [1.54, 1.807) is 11.3 Å². The first-order chi connectivity index (χ1) is 8.77. The molecule has 1 aromatic carbocycles. The Hall–Kier alpha value is -1.19. The van der Waals surface area contributed by atoms with E-state index in [2.05, 4.69) is 17.5 Å². The summed E-state index contributed by atoms with van der Waals surface area (Å²) in [5.74, 6) is 0.183. The largest absolute Gasteiger partial charge is 0.366 e. The summed E-state index contributed by atoms with van der Waals surface area (Å²) in [6, 6.07) is 8.17. The molecule has 0 spiro atoms. The Balaban J connectivity index is 2.38. The van der Waals surface area contributed by atoms with Crippen LogP contribution in [0.15, 0.2) is 29.6 Å². The molecule has 1 heterocycles. The number of hydrogen-bond donors (Lipinski definition) is 0. The lowest BCUT2D eigenvalue weighted by molar-refractivity contribution is -0.130. The molecule has 2 aromatic rings. The highest BCUT2D eigenvalue weighted by Gasteiger charge is 2.22. The van der Waals surface area contributed by atoms with Gasteiger partial charge in [-0.2, -0.15) is 0 Å². The predicted octanol–water partition coefficient (Wildman–Crippen LogP) is 4.35. The minimum Gasteiger partial charge on any atom is -0.366 e. The van der Waals surface area contributed by atoms with Gasteiger partial charge in [0, 0.05) is 23.3 Å². The first-order valence-electron chi connectivity index (χ1n) is 6.38. The summed E-state index contributed by atoms with van der Waals surface area (Å²) >= 11 is 1.67. The van der Waals surface area contributed by atoms with Crippen molar-refractivity contribution < 1.29 is 9.53 Å². The third-order valence-electron chi connectivity index (χ3n) is 2.92. The van der Waals surface area contributed by atoms with Crippen molar-refractivity contribution in [3.63, 3.8) is 0 Å². The summed E-state index contributed by atoms with van der Waals surface area (Å²) in [7, 11) is 0. The van der Waals surface area contributed by atoms with Gasteiger partial charge in [-0.25, -0.2) is 0 Å². The van der Waals surface area contributed by atoms with Gasteiger partial charge in [-0.05, 0) is 30.2 Å². The maximum atomic E-state index is 12.2. The normalized spacial score (nSPS) is 12.8. The number of hydrogen-bond acceptors (Lipinski definition) is 3. The molecule has 1 unspecified atom stereocenters. The van der Waals surface area contributed by atoms with Crippen molar-refractivity contribution in [2.75, 3.05) is 6.61 Å². The van der Waals surface area contributed by atoms with Crippen molar-refractivity contribution in [2.24, 2.45) is 0 Å². The first kappa shape index (κ1) is 13.2. The van der Waals surface area contributed by atoms with Crippen molar-refractivity contribution >= 4 is 27.2 Å². The van der Waals surface area contributed by atoms with E-state index in [-0.39, 0.29) is 5.78 Å². The second kappa shape index (κ2) is 6.12. The van der Waals surface area contributed by atoms with Gasteiger partial charge in [0.1, 0.15) is 6.10 Å². The first-order valence-corrected chi connectivity index (χ1v) is 7.26. The molecule has 0 fully saturated rings. The fraction of sp³-hybridized carbons (Fsp3) is 0.400. The lowest BCUT2D eigenvalue weighted by Crippen LogP contribution is -2.15. The smallest absolute Gasteiger partial charge is 0.166 e. The molecule has 0 aliphatic heterocycles. The van der Waals surface area contributed by atoms with Crippen LogP contribution in [0, 0.1) is 0 Å². The zero-order valence-electron chi connectivity index (χ0n) is 10.8. The average molecular weight is 262 g/mol. The van der Waals surface area contributed by atoms with Crippen molar-refractivity contribution in [3.05, 3.63) is 35.2 Å². The monoisotopic (exact) mass is 262 g/mol. The Morgan fingerprint density at radius 3 is 2.83 bits per heavy atom. The Bertz CT molecular complexity index is 530. The van der Waals surface area contributed by atoms with Gasteiger partial charge in [0.05, 0.1) is 0 Å². The zero-order chi connectivity index (χ0) is 13.0. The second-order valence-corrected chi connectivity index (χ2v) is 5.15. The van der Waals surface area contributed by atoms with E-state index >= 15 is 0 Å². The van der Waals surface area contributed by atoms with Gasteiger partial charge in [0.15, 0.2) is 5.78 Å². The number of rotatable bonds is 6. The van der Waals surface area contributed by atoms with Crippen molar-refractivity contribution in [2.45, 2.75) is 32.8 Å². The minimum absolute atomic E-state index is 0.183. The molecular weight excluding hydrogens is 244 g/mol. The van der Waals surface area contributed by atoms with Crippen LogP contribution in [0.3, 0.4) is 0 Å². The van der Waals surface area contributed by atoms with Crippen LogP contribution in [0.2, 0.25) is 0 Å². The summed E-state index contributed by atoms with van der Waals surface area (Å²) < 4.78 is 6.88. The molecule has 0 bridgehead atoms. The summed E-state index contributed by atoms with van der Waals surface area (Å²) in [6.07, 6.45) is 1.05. The molecule has 18 heavy (non-hydrogen) atoms. The molecule has 0 saturated carbocycles. The van der Waals surface area contributed by atoms with Crippen LogP contribution in [-0.2, 0) is 9.53 Å². The highest BCUT2D eigenvalue weighted by molar-refractivity contribution is 7.17. The standard InChI is InChI=1S/C15H18O2S/c1-3-7-13(16)15(17-4-2)12-10-18-14-9-6-5-8-11(12)14/h5-6,8-10,15H,3-4,7H2,1-2H3. The molecular formula is C15H18O2S. The minimum atomic E-state index is -0.397. The van der Waals surface area contributed by atoms with Gasteiger partial charge in [-0.15, -0.1) is 11.3 Å². The maximum absolute atomic E-state index is 12.2. The van der Waals surface area contributed by atoms with E-state index in [4.69, 9.17) is 4.74 Å². The van der Waals surface area contributed by atoms with Crippen molar-refractivity contribution in [1.29, 1.82) is 0 Å². The van der Waals surface area contributed by atoms with Gasteiger partial charge >= 0.3 is 0 Å². The summed E-state index contributed by atoms with van der Waals surface area (Å²) in [5, 5.41) is 3.20. The SMILES string of the molecule is CCCC(=O)C(OCC)c1csc2ccccc12. The molecule has 0 amide bonds. The molecule has 96 valence electrons. The maximum Gasteiger partial charge on any atom is 0.166 e. The fourth-order valence-corrected chi connectivity index (χ4v) is 3.08. The average Bonchev–Trinajstić information content (AvgIpc) is 2.80. The topological polar surface area (TPSA) is 26.3 Å². The van der Waals surface area contributed by atoms with Crippen molar-refractivity contribution in [3.8, 4) is 0 Å². The van der Waals surface area contributed by atoms with Crippen LogP contribution >= 0.6 is 11.3 Å². The number of carbonyl (C=O) groups excluding carboxylic acids is 1. The molecule has 2 nitrogen and oxygen atoms in total. The third kappa shape index (κ3) is 2.62. The van der Waals surface area contributed by atoms with E-state index in [1.165, 1.54) is 4.70 Å². The summed E-state index contributed by atoms with van der Waals surface area (Å²) in [4.78, 5) is 12.2. The van der Waals surface area contributed by atoms with Crippen LogP contribution in [-0.4, -0.2) is 12.4 Å². The summed E-state index contributed by atoms with van der Waals surface area (Å²) in [5.41, 5.74) is 1.02. The molecule has 0 saturated heterocycles. The van der Waals surface area contributed by atoms with Gasteiger partial charge in [-0.1, -0.05) is 25.1 Å². The lowest BCUT2D eigenvalue weighted by atomic mass is 10.0. The molecule has 3 heteroatoms. The molecule has 1 aromatic heterocycles. The number of fused-ring (bicyclic) bond motifs is 1. The number of carbonyl (C=O) groups is 1. The van der Waals surface area contributed by atoms with Gasteiger partial charge in [0.2, 0.25) is 0 Å². The number of ketones is 1. The number of Topliss-reactive ketones (excluding diaryl/α,β-unsaturated/α-hetero) is 1. The zero-order valence-corrected chi connectivity index (χ0v) is 11.6. The molecule has 0 N–H and O–H groups in total. The Morgan fingerprint density at radius 1 is 1.33 bits per heavy atom. The highest BCUT2D eigenvalue weighted by Crippen LogP contribution is 2.33. The number of thiophene rings is 1. The van der Waals surface area contributed by atoms with E-state index in [1.807, 2.05) is 26.0 Å².